The predicted octanol–water partition coefficient (Wildman–Crippen LogP) is 3.86. The molecule has 0 spiro atoms. The first-order chi connectivity index (χ1) is 13.0. The lowest BCUT2D eigenvalue weighted by Gasteiger charge is -2.10. The Morgan fingerprint density at radius 2 is 1.85 bits per heavy atom. The lowest BCUT2D eigenvalue weighted by molar-refractivity contribution is -0.116. The quantitative estimate of drug-likeness (QED) is 0.701. The summed E-state index contributed by atoms with van der Waals surface area (Å²) in [6, 6.07) is 13.3. The van der Waals surface area contributed by atoms with Gasteiger partial charge in [0.05, 0.1) is 19.1 Å². The normalized spacial score (nSPS) is 10.5. The SMILES string of the molecule is COc1ccccc1-c1cc(=O)n(CC(=O)Nc2cc(Cl)cc(Cl)c2)cn1. The first-order valence-electron chi connectivity index (χ1n) is 7.92. The average Bonchev–Trinajstić information content (AvgIpc) is 2.62. The molecule has 0 saturated carbocycles. The Labute approximate surface area is 165 Å². The number of ether oxygens (including phenoxy) is 1. The summed E-state index contributed by atoms with van der Waals surface area (Å²) in [7, 11) is 1.55. The molecular weight excluding hydrogens is 389 g/mol. The molecule has 0 aliphatic rings. The van der Waals surface area contributed by atoms with Crippen LogP contribution in [0.25, 0.3) is 11.3 Å². The summed E-state index contributed by atoms with van der Waals surface area (Å²) >= 11 is 11.8. The third-order valence-corrected chi connectivity index (χ3v) is 4.16. The van der Waals surface area contributed by atoms with E-state index in [0.29, 0.717) is 32.7 Å². The van der Waals surface area contributed by atoms with E-state index < -0.39 is 5.91 Å². The average molecular weight is 404 g/mol. The maximum atomic E-state index is 12.4. The van der Waals surface area contributed by atoms with E-state index in [1.807, 2.05) is 12.1 Å². The summed E-state index contributed by atoms with van der Waals surface area (Å²) in [6.45, 7) is -0.192. The minimum absolute atomic E-state index is 0.192. The van der Waals surface area contributed by atoms with Crippen molar-refractivity contribution in [1.29, 1.82) is 0 Å². The molecule has 0 fully saturated rings. The van der Waals surface area contributed by atoms with E-state index in [2.05, 4.69) is 10.3 Å². The monoisotopic (exact) mass is 403 g/mol. The predicted molar refractivity (Wildman–Crippen MR) is 106 cm³/mol. The zero-order valence-electron chi connectivity index (χ0n) is 14.3. The van der Waals surface area contributed by atoms with E-state index >= 15 is 0 Å². The summed E-state index contributed by atoms with van der Waals surface area (Å²) in [5.74, 6) is 0.208. The number of methoxy groups -OCH3 is 1. The van der Waals surface area contributed by atoms with E-state index in [1.165, 1.54) is 17.0 Å². The molecule has 0 bridgehead atoms. The van der Waals surface area contributed by atoms with Crippen LogP contribution in [0.1, 0.15) is 0 Å². The van der Waals surface area contributed by atoms with E-state index in [4.69, 9.17) is 27.9 Å². The lowest BCUT2D eigenvalue weighted by Crippen LogP contribution is -2.27. The van der Waals surface area contributed by atoms with Gasteiger partial charge in [-0.2, -0.15) is 0 Å². The molecule has 0 aliphatic carbocycles. The van der Waals surface area contributed by atoms with E-state index in [9.17, 15) is 9.59 Å². The van der Waals surface area contributed by atoms with Crippen LogP contribution >= 0.6 is 23.2 Å². The van der Waals surface area contributed by atoms with Crippen LogP contribution in [0.4, 0.5) is 5.69 Å². The van der Waals surface area contributed by atoms with Gasteiger partial charge < -0.3 is 10.1 Å². The second kappa shape index (κ2) is 8.24. The Morgan fingerprint density at radius 1 is 1.15 bits per heavy atom. The molecule has 0 aliphatic heterocycles. The van der Waals surface area contributed by atoms with E-state index in [-0.39, 0.29) is 12.1 Å². The highest BCUT2D eigenvalue weighted by Gasteiger charge is 2.11. The molecule has 0 saturated heterocycles. The molecule has 27 heavy (non-hydrogen) atoms. The van der Waals surface area contributed by atoms with Crippen LogP contribution in [0.2, 0.25) is 10.0 Å². The molecule has 8 heteroatoms. The summed E-state index contributed by atoms with van der Waals surface area (Å²) < 4.78 is 6.49. The zero-order valence-corrected chi connectivity index (χ0v) is 15.8. The van der Waals surface area contributed by atoms with Crippen molar-refractivity contribution in [2.45, 2.75) is 6.54 Å². The number of nitrogens with zero attached hydrogens (tertiary/aromatic N) is 2. The Bertz CT molecular complexity index is 1030. The van der Waals surface area contributed by atoms with Crippen molar-refractivity contribution in [3.63, 3.8) is 0 Å². The molecule has 1 N–H and O–H groups in total. The summed E-state index contributed by atoms with van der Waals surface area (Å²) in [4.78, 5) is 28.8. The number of rotatable bonds is 5. The number of carbonyl (C=O) groups excluding carboxylic acids is 1. The Kier molecular flexibility index (Phi) is 5.78. The van der Waals surface area contributed by atoms with Crippen LogP contribution in [0, 0.1) is 0 Å². The first kappa shape index (κ1) is 18.9. The first-order valence-corrected chi connectivity index (χ1v) is 8.67. The summed E-state index contributed by atoms with van der Waals surface area (Å²) in [5.41, 5.74) is 1.26. The molecular formula is C19H15Cl2N3O3. The second-order valence-corrected chi connectivity index (χ2v) is 6.52. The topological polar surface area (TPSA) is 73.2 Å². The fraction of sp³-hybridized carbons (Fsp3) is 0.105. The van der Waals surface area contributed by atoms with Gasteiger partial charge in [0.2, 0.25) is 5.91 Å². The molecule has 3 aromatic rings. The lowest BCUT2D eigenvalue weighted by atomic mass is 10.1. The number of halogens is 2. The second-order valence-electron chi connectivity index (χ2n) is 5.65. The summed E-state index contributed by atoms with van der Waals surface area (Å²) in [6.07, 6.45) is 1.33. The highest BCUT2D eigenvalue weighted by molar-refractivity contribution is 6.35. The van der Waals surface area contributed by atoms with Gasteiger partial charge in [0, 0.05) is 27.4 Å². The number of carbonyl (C=O) groups is 1. The molecule has 1 heterocycles. The van der Waals surface area contributed by atoms with Gasteiger partial charge in [-0.3, -0.25) is 14.2 Å². The van der Waals surface area contributed by atoms with Gasteiger partial charge in [0.15, 0.2) is 0 Å². The molecule has 0 atom stereocenters. The number of para-hydroxylation sites is 1. The highest BCUT2D eigenvalue weighted by atomic mass is 35.5. The minimum Gasteiger partial charge on any atom is -0.496 e. The van der Waals surface area contributed by atoms with Gasteiger partial charge in [0.25, 0.3) is 5.56 Å². The zero-order chi connectivity index (χ0) is 19.4. The number of anilines is 1. The number of nitrogens with one attached hydrogen (secondary N) is 1. The number of benzene rings is 2. The van der Waals surface area contributed by atoms with Crippen LogP contribution in [0.5, 0.6) is 5.75 Å². The van der Waals surface area contributed by atoms with Crippen LogP contribution in [-0.4, -0.2) is 22.6 Å². The van der Waals surface area contributed by atoms with Crippen LogP contribution in [-0.2, 0) is 11.3 Å². The van der Waals surface area contributed by atoms with Crippen molar-refractivity contribution < 1.29 is 9.53 Å². The molecule has 2 aromatic carbocycles. The minimum atomic E-state index is -0.401. The third-order valence-electron chi connectivity index (χ3n) is 3.72. The number of hydrogen-bond donors (Lipinski definition) is 1. The van der Waals surface area contributed by atoms with Gasteiger partial charge >= 0.3 is 0 Å². The molecule has 3 rings (SSSR count). The Balaban J connectivity index is 1.78. The Morgan fingerprint density at radius 3 is 2.52 bits per heavy atom. The van der Waals surface area contributed by atoms with Crippen molar-refractivity contribution in [2.24, 2.45) is 0 Å². The van der Waals surface area contributed by atoms with Crippen molar-refractivity contribution in [2.75, 3.05) is 12.4 Å². The smallest absolute Gasteiger partial charge is 0.254 e. The van der Waals surface area contributed by atoms with Crippen molar-refractivity contribution in [3.05, 3.63) is 75.3 Å². The van der Waals surface area contributed by atoms with Gasteiger partial charge in [0.1, 0.15) is 12.3 Å². The molecule has 0 unspecified atom stereocenters. The molecule has 1 amide bonds. The molecule has 1 aromatic heterocycles. The maximum Gasteiger partial charge on any atom is 0.254 e. The van der Waals surface area contributed by atoms with Crippen LogP contribution in [0.15, 0.2) is 59.7 Å². The van der Waals surface area contributed by atoms with Crippen LogP contribution in [0.3, 0.4) is 0 Å². The molecule has 138 valence electrons. The Hall–Kier alpha value is -2.83. The largest absolute Gasteiger partial charge is 0.496 e. The van der Waals surface area contributed by atoms with Crippen molar-refractivity contribution >= 4 is 34.8 Å². The molecule has 6 nitrogen and oxygen atoms in total. The summed E-state index contributed by atoms with van der Waals surface area (Å²) in [5, 5.41) is 3.45. The number of aromatic nitrogens is 2. The standard InChI is InChI=1S/C19H15Cl2N3O3/c1-27-17-5-3-2-4-15(17)16-9-19(26)24(11-22-16)10-18(25)23-14-7-12(20)6-13(21)8-14/h2-9,11H,10H2,1H3,(H,23,25). The fourth-order valence-corrected chi connectivity index (χ4v) is 3.06. The van der Waals surface area contributed by atoms with Crippen molar-refractivity contribution in [3.8, 4) is 17.0 Å². The number of hydrogen-bond acceptors (Lipinski definition) is 4. The third kappa shape index (κ3) is 4.67. The van der Waals surface area contributed by atoms with Gasteiger partial charge in [-0.05, 0) is 30.3 Å². The van der Waals surface area contributed by atoms with E-state index in [0.717, 1.165) is 0 Å². The fourth-order valence-electron chi connectivity index (χ4n) is 2.53. The van der Waals surface area contributed by atoms with Gasteiger partial charge in [-0.1, -0.05) is 35.3 Å². The number of amides is 1. The van der Waals surface area contributed by atoms with E-state index in [1.54, 1.807) is 37.4 Å². The van der Waals surface area contributed by atoms with Crippen molar-refractivity contribution in [1.82, 2.24) is 9.55 Å². The highest BCUT2D eigenvalue weighted by Crippen LogP contribution is 2.26. The van der Waals surface area contributed by atoms with Crippen LogP contribution < -0.4 is 15.6 Å². The van der Waals surface area contributed by atoms with Gasteiger partial charge in [-0.15, -0.1) is 0 Å². The maximum absolute atomic E-state index is 12.4. The van der Waals surface area contributed by atoms with Gasteiger partial charge in [-0.25, -0.2) is 4.98 Å². The molecule has 0 radical (unpaired) electrons.